The molecule has 0 radical (unpaired) electrons. The maximum atomic E-state index is 12.5. The molecule has 2 atom stereocenters. The van der Waals surface area contributed by atoms with Crippen molar-refractivity contribution in [1.29, 1.82) is 0 Å². The zero-order chi connectivity index (χ0) is 54.3. The van der Waals surface area contributed by atoms with E-state index in [0.29, 0.717) is 19.4 Å². The molecule has 0 aliphatic heterocycles. The summed E-state index contributed by atoms with van der Waals surface area (Å²) < 4.78 is 5.51. The van der Waals surface area contributed by atoms with Crippen LogP contribution in [0.1, 0.15) is 393 Å². The molecule has 0 fully saturated rings. The molecular weight excluding hydrogens is 923 g/mol. The van der Waals surface area contributed by atoms with E-state index in [4.69, 9.17) is 4.74 Å². The predicted octanol–water partition coefficient (Wildman–Crippen LogP) is 22.0. The average molecular weight is 1060 g/mol. The number of aliphatic hydroxyl groups is 2. The summed E-state index contributed by atoms with van der Waals surface area (Å²) in [6.45, 7) is 4.95. The lowest BCUT2D eigenvalue weighted by Crippen LogP contribution is -2.45. The van der Waals surface area contributed by atoms with Gasteiger partial charge in [-0.1, -0.05) is 360 Å². The van der Waals surface area contributed by atoms with E-state index < -0.39 is 12.1 Å². The number of carbonyl (C=O) groups is 2. The largest absolute Gasteiger partial charge is 0.466 e. The first-order valence-corrected chi connectivity index (χ1v) is 34.5. The second kappa shape index (κ2) is 65.1. The van der Waals surface area contributed by atoms with Crippen LogP contribution in [0.25, 0.3) is 0 Å². The van der Waals surface area contributed by atoms with Crippen LogP contribution in [0.15, 0.2) is 12.2 Å². The van der Waals surface area contributed by atoms with Gasteiger partial charge in [-0.05, 0) is 32.1 Å². The highest BCUT2D eigenvalue weighted by atomic mass is 16.5. The molecule has 0 aliphatic rings. The summed E-state index contributed by atoms with van der Waals surface area (Å²) in [5.74, 6) is -0.0432. The highest BCUT2D eigenvalue weighted by Gasteiger charge is 2.18. The number of esters is 1. The van der Waals surface area contributed by atoms with Gasteiger partial charge in [0.15, 0.2) is 0 Å². The van der Waals surface area contributed by atoms with Gasteiger partial charge < -0.3 is 20.3 Å². The molecular formula is C69H135NO5. The molecule has 0 saturated heterocycles. The number of hydrogen-bond donors (Lipinski definition) is 3. The van der Waals surface area contributed by atoms with E-state index in [-0.39, 0.29) is 18.5 Å². The molecule has 0 aromatic rings. The number of ether oxygens (including phenoxy) is 1. The van der Waals surface area contributed by atoms with Crippen molar-refractivity contribution in [3.8, 4) is 0 Å². The van der Waals surface area contributed by atoms with Crippen molar-refractivity contribution in [3.63, 3.8) is 0 Å². The van der Waals surface area contributed by atoms with Crippen LogP contribution in [0.5, 0.6) is 0 Å². The molecule has 3 N–H and O–H groups in total. The highest BCUT2D eigenvalue weighted by Crippen LogP contribution is 2.19. The number of rotatable bonds is 65. The summed E-state index contributed by atoms with van der Waals surface area (Å²) in [7, 11) is 0. The number of nitrogens with one attached hydrogen (secondary N) is 1. The molecule has 1 amide bonds. The van der Waals surface area contributed by atoms with Crippen molar-refractivity contribution < 1.29 is 24.5 Å². The highest BCUT2D eigenvalue weighted by molar-refractivity contribution is 5.76. The number of aliphatic hydroxyl groups excluding tert-OH is 2. The maximum absolute atomic E-state index is 12.5. The Hall–Kier alpha value is -1.40. The first-order chi connectivity index (χ1) is 37.0. The molecule has 0 heterocycles. The Balaban J connectivity index is 3.36. The van der Waals surface area contributed by atoms with Gasteiger partial charge in [0, 0.05) is 12.8 Å². The third-order valence-electron chi connectivity index (χ3n) is 16.3. The summed E-state index contributed by atoms with van der Waals surface area (Å²) in [6.07, 6.45) is 79.9. The van der Waals surface area contributed by atoms with Crippen LogP contribution in [-0.4, -0.2) is 47.4 Å². The van der Waals surface area contributed by atoms with Crippen LogP contribution in [0, 0.1) is 0 Å². The van der Waals surface area contributed by atoms with Crippen molar-refractivity contribution in [2.75, 3.05) is 13.2 Å². The van der Waals surface area contributed by atoms with Crippen LogP contribution < -0.4 is 5.32 Å². The molecule has 0 rings (SSSR count). The second-order valence-electron chi connectivity index (χ2n) is 23.9. The number of amides is 1. The zero-order valence-corrected chi connectivity index (χ0v) is 51.1. The summed E-state index contributed by atoms with van der Waals surface area (Å²) in [5.41, 5.74) is 0. The first kappa shape index (κ1) is 73.6. The molecule has 0 aromatic carbocycles. The van der Waals surface area contributed by atoms with Crippen molar-refractivity contribution in [2.45, 2.75) is 405 Å². The number of allylic oxidation sites excluding steroid dienone is 1. The van der Waals surface area contributed by atoms with Gasteiger partial charge in [0.1, 0.15) is 0 Å². The molecule has 0 saturated carbocycles. The number of carbonyl (C=O) groups excluding carboxylic acids is 2. The molecule has 75 heavy (non-hydrogen) atoms. The van der Waals surface area contributed by atoms with Crippen molar-refractivity contribution in [3.05, 3.63) is 12.2 Å². The summed E-state index contributed by atoms with van der Waals surface area (Å²) >= 11 is 0. The Morgan fingerprint density at radius 2 is 0.613 bits per heavy atom. The number of unbranched alkanes of at least 4 members (excludes halogenated alkanes) is 54. The predicted molar refractivity (Wildman–Crippen MR) is 329 cm³/mol. The zero-order valence-electron chi connectivity index (χ0n) is 51.1. The van der Waals surface area contributed by atoms with Gasteiger partial charge in [-0.25, -0.2) is 0 Å². The SMILES string of the molecule is CCCCCCCCCCCCCCCC/C=C/C(O)C(CO)NC(=O)CCCCCCCCCCCCCCCCCCCCCCCCCCOC(=O)CCCCCCCCCCCCCCCCCCCC. The Kier molecular flexibility index (Phi) is 63.9. The third kappa shape index (κ3) is 61.7. The van der Waals surface area contributed by atoms with Gasteiger partial charge >= 0.3 is 5.97 Å². The average Bonchev–Trinajstić information content (AvgIpc) is 3.41. The van der Waals surface area contributed by atoms with E-state index >= 15 is 0 Å². The minimum Gasteiger partial charge on any atom is -0.466 e. The van der Waals surface area contributed by atoms with Crippen LogP contribution in [-0.2, 0) is 14.3 Å². The molecule has 0 spiro atoms. The van der Waals surface area contributed by atoms with Gasteiger partial charge in [0.2, 0.25) is 5.91 Å². The maximum Gasteiger partial charge on any atom is 0.305 e. The van der Waals surface area contributed by atoms with Crippen LogP contribution in [0.2, 0.25) is 0 Å². The standard InChI is InChI=1S/C69H135NO5/c1-3-5-7-9-11-13-15-17-19-21-31-35-39-43-47-51-55-59-63-69(74)75-64-60-56-52-48-44-40-36-32-29-27-25-23-22-24-26-28-30-34-38-42-46-50-54-58-62-68(73)70-66(65-71)67(72)61-57-53-49-45-41-37-33-20-18-16-14-12-10-8-6-4-2/h57,61,66-67,71-72H,3-56,58-60,62-65H2,1-2H3,(H,70,73)/b61-57+. The van der Waals surface area contributed by atoms with E-state index in [0.717, 1.165) is 38.5 Å². The molecule has 446 valence electrons. The topological polar surface area (TPSA) is 95.9 Å². The lowest BCUT2D eigenvalue weighted by atomic mass is 10.0. The van der Waals surface area contributed by atoms with Gasteiger partial charge in [-0.3, -0.25) is 9.59 Å². The van der Waals surface area contributed by atoms with E-state index in [9.17, 15) is 19.8 Å². The fourth-order valence-electron chi connectivity index (χ4n) is 11.1. The molecule has 6 heteroatoms. The van der Waals surface area contributed by atoms with E-state index in [1.165, 1.54) is 327 Å². The second-order valence-corrected chi connectivity index (χ2v) is 23.9. The molecule has 0 bridgehead atoms. The summed E-state index contributed by atoms with van der Waals surface area (Å²) in [6, 6.07) is -0.626. The molecule has 2 unspecified atom stereocenters. The monoisotopic (exact) mass is 1060 g/mol. The fraction of sp³-hybridized carbons (Fsp3) is 0.942. The minimum atomic E-state index is -0.843. The fourth-order valence-corrected chi connectivity index (χ4v) is 11.1. The van der Waals surface area contributed by atoms with Crippen LogP contribution >= 0.6 is 0 Å². The molecule has 0 aromatic heterocycles. The lowest BCUT2D eigenvalue weighted by molar-refractivity contribution is -0.143. The Morgan fingerprint density at radius 3 is 0.907 bits per heavy atom. The van der Waals surface area contributed by atoms with Gasteiger partial charge in [0.05, 0.1) is 25.4 Å². The molecule has 0 aliphatic carbocycles. The van der Waals surface area contributed by atoms with Crippen molar-refractivity contribution >= 4 is 11.9 Å². The summed E-state index contributed by atoms with van der Waals surface area (Å²) in [5, 5.41) is 23.2. The van der Waals surface area contributed by atoms with E-state index in [1.807, 2.05) is 6.08 Å². The van der Waals surface area contributed by atoms with Gasteiger partial charge in [-0.15, -0.1) is 0 Å². The first-order valence-electron chi connectivity index (χ1n) is 34.5. The van der Waals surface area contributed by atoms with E-state index in [1.54, 1.807) is 6.08 Å². The Morgan fingerprint density at radius 1 is 0.360 bits per heavy atom. The van der Waals surface area contributed by atoms with Gasteiger partial charge in [-0.2, -0.15) is 0 Å². The third-order valence-corrected chi connectivity index (χ3v) is 16.3. The molecule has 6 nitrogen and oxygen atoms in total. The van der Waals surface area contributed by atoms with Crippen LogP contribution in [0.4, 0.5) is 0 Å². The lowest BCUT2D eigenvalue weighted by Gasteiger charge is -2.20. The normalized spacial score (nSPS) is 12.5. The van der Waals surface area contributed by atoms with Crippen molar-refractivity contribution in [2.24, 2.45) is 0 Å². The summed E-state index contributed by atoms with van der Waals surface area (Å²) in [4.78, 5) is 24.6. The van der Waals surface area contributed by atoms with Crippen LogP contribution in [0.3, 0.4) is 0 Å². The Bertz CT molecular complexity index is 1130. The Labute approximate surface area is 469 Å². The van der Waals surface area contributed by atoms with Crippen molar-refractivity contribution in [1.82, 2.24) is 5.32 Å². The van der Waals surface area contributed by atoms with E-state index in [2.05, 4.69) is 19.2 Å². The minimum absolute atomic E-state index is 0.0203. The quantitative estimate of drug-likeness (QED) is 0.0320. The number of hydrogen-bond acceptors (Lipinski definition) is 5. The smallest absolute Gasteiger partial charge is 0.305 e. The van der Waals surface area contributed by atoms with Gasteiger partial charge in [0.25, 0.3) is 0 Å².